The highest BCUT2D eigenvalue weighted by molar-refractivity contribution is 5.71. The van der Waals surface area contributed by atoms with Crippen molar-refractivity contribution in [2.45, 2.75) is 37.8 Å². The number of hydrogen-bond donors (Lipinski definition) is 1. The van der Waals surface area contributed by atoms with E-state index in [4.69, 9.17) is 4.74 Å². The Morgan fingerprint density at radius 3 is 3.17 bits per heavy atom. The van der Waals surface area contributed by atoms with Gasteiger partial charge >= 0.3 is 0 Å². The molecule has 1 aromatic rings. The molecule has 1 saturated carbocycles. The molecule has 0 unspecified atom stereocenters. The van der Waals surface area contributed by atoms with Crippen LogP contribution in [0.3, 0.4) is 0 Å². The van der Waals surface area contributed by atoms with Gasteiger partial charge in [-0.05, 0) is 24.5 Å². The van der Waals surface area contributed by atoms with Crippen LogP contribution in [-0.2, 0) is 6.54 Å². The fourth-order valence-corrected chi connectivity index (χ4v) is 4.17. The van der Waals surface area contributed by atoms with Crippen molar-refractivity contribution in [1.82, 2.24) is 5.32 Å². The summed E-state index contributed by atoms with van der Waals surface area (Å²) in [5.41, 5.74) is 4.45. The molecule has 4 rings (SSSR count). The summed E-state index contributed by atoms with van der Waals surface area (Å²) in [6, 6.07) is 5.14. The Bertz CT molecular complexity index is 486. The van der Waals surface area contributed by atoms with Gasteiger partial charge in [-0.3, -0.25) is 0 Å². The van der Waals surface area contributed by atoms with Crippen LogP contribution in [0.2, 0.25) is 0 Å². The number of methoxy groups -OCH3 is 1. The van der Waals surface area contributed by atoms with Gasteiger partial charge in [-0.25, -0.2) is 0 Å². The van der Waals surface area contributed by atoms with E-state index in [1.165, 1.54) is 36.1 Å². The van der Waals surface area contributed by atoms with Gasteiger partial charge in [-0.15, -0.1) is 0 Å². The van der Waals surface area contributed by atoms with Gasteiger partial charge in [0.25, 0.3) is 0 Å². The van der Waals surface area contributed by atoms with Crippen molar-refractivity contribution >= 4 is 5.69 Å². The van der Waals surface area contributed by atoms with Gasteiger partial charge in [-0.2, -0.15) is 0 Å². The van der Waals surface area contributed by atoms with Crippen LogP contribution in [0.4, 0.5) is 5.69 Å². The number of nitrogens with zero attached hydrogens (tertiary/aromatic N) is 1. The van der Waals surface area contributed by atoms with E-state index in [0.29, 0.717) is 5.92 Å². The zero-order chi connectivity index (χ0) is 12.1. The lowest BCUT2D eigenvalue weighted by molar-refractivity contribution is 0.406. The average molecular weight is 244 g/mol. The van der Waals surface area contributed by atoms with Crippen molar-refractivity contribution in [3.05, 3.63) is 23.3 Å². The molecule has 18 heavy (non-hydrogen) atoms. The molecule has 0 bridgehead atoms. The molecular formula is C15H20N2O. The Balaban J connectivity index is 1.94. The SMILES string of the molecule is COc1ccc2c3c1[C@@H]1CCC[C@@H]1N3CCNC2. The number of fused-ring (bicyclic) bond motifs is 3. The molecule has 0 radical (unpaired) electrons. The summed E-state index contributed by atoms with van der Waals surface area (Å²) in [5, 5.41) is 3.53. The van der Waals surface area contributed by atoms with Crippen LogP contribution in [-0.4, -0.2) is 26.2 Å². The molecule has 0 spiro atoms. The second kappa shape index (κ2) is 3.89. The molecule has 2 aliphatic heterocycles. The van der Waals surface area contributed by atoms with Crippen molar-refractivity contribution in [2.75, 3.05) is 25.1 Å². The van der Waals surface area contributed by atoms with E-state index < -0.39 is 0 Å². The van der Waals surface area contributed by atoms with Crippen LogP contribution in [0, 0.1) is 0 Å². The normalized spacial score (nSPS) is 28.8. The summed E-state index contributed by atoms with van der Waals surface area (Å²) in [5.74, 6) is 1.82. The van der Waals surface area contributed by atoms with E-state index in [9.17, 15) is 0 Å². The molecule has 1 aromatic carbocycles. The smallest absolute Gasteiger partial charge is 0.124 e. The highest BCUT2D eigenvalue weighted by atomic mass is 16.5. The van der Waals surface area contributed by atoms with E-state index in [2.05, 4.69) is 22.3 Å². The number of nitrogens with one attached hydrogen (secondary N) is 1. The van der Waals surface area contributed by atoms with Crippen LogP contribution >= 0.6 is 0 Å². The molecule has 1 aliphatic carbocycles. The highest BCUT2D eigenvalue weighted by Gasteiger charge is 2.44. The summed E-state index contributed by atoms with van der Waals surface area (Å²) < 4.78 is 5.63. The molecule has 3 nitrogen and oxygen atoms in total. The Hall–Kier alpha value is -1.22. The van der Waals surface area contributed by atoms with E-state index >= 15 is 0 Å². The van der Waals surface area contributed by atoms with Gasteiger partial charge in [0.05, 0.1) is 7.11 Å². The van der Waals surface area contributed by atoms with Crippen LogP contribution in [0.25, 0.3) is 0 Å². The Labute approximate surface area is 108 Å². The molecule has 3 heteroatoms. The third kappa shape index (κ3) is 1.28. The fourth-order valence-electron chi connectivity index (χ4n) is 4.17. The zero-order valence-electron chi connectivity index (χ0n) is 10.9. The second-order valence-corrected chi connectivity index (χ2v) is 5.66. The molecule has 1 N–H and O–H groups in total. The number of rotatable bonds is 1. The van der Waals surface area contributed by atoms with Gasteiger partial charge in [0.1, 0.15) is 5.75 Å². The summed E-state index contributed by atoms with van der Waals surface area (Å²) in [7, 11) is 1.81. The highest BCUT2D eigenvalue weighted by Crippen LogP contribution is 2.54. The molecule has 1 fully saturated rings. The Morgan fingerprint density at radius 2 is 2.28 bits per heavy atom. The summed E-state index contributed by atoms with van der Waals surface area (Å²) in [6.45, 7) is 3.25. The maximum atomic E-state index is 5.63. The monoisotopic (exact) mass is 244 g/mol. The first-order valence-electron chi connectivity index (χ1n) is 7.07. The predicted octanol–water partition coefficient (Wildman–Crippen LogP) is 2.25. The van der Waals surface area contributed by atoms with Crippen molar-refractivity contribution in [2.24, 2.45) is 0 Å². The van der Waals surface area contributed by atoms with Crippen molar-refractivity contribution in [3.8, 4) is 5.75 Å². The van der Waals surface area contributed by atoms with E-state index in [-0.39, 0.29) is 0 Å². The van der Waals surface area contributed by atoms with Crippen LogP contribution in [0.15, 0.2) is 12.1 Å². The third-order valence-electron chi connectivity index (χ3n) is 4.86. The minimum absolute atomic E-state index is 0.716. The van der Waals surface area contributed by atoms with Crippen LogP contribution in [0.1, 0.15) is 36.3 Å². The number of ether oxygens (including phenoxy) is 1. The summed E-state index contributed by atoms with van der Waals surface area (Å²) in [4.78, 5) is 2.66. The van der Waals surface area contributed by atoms with E-state index in [0.717, 1.165) is 31.4 Å². The molecule has 2 heterocycles. The second-order valence-electron chi connectivity index (χ2n) is 5.66. The standard InChI is InChI=1S/C15H20N2O/c1-18-13-6-5-10-9-16-7-8-17-12-4-2-3-11(12)14(13)15(10)17/h5-6,11-12,16H,2-4,7-9H2,1H3/t11-,12+/m1/s1. The van der Waals surface area contributed by atoms with Crippen LogP contribution < -0.4 is 15.0 Å². The van der Waals surface area contributed by atoms with Gasteiger partial charge in [-0.1, -0.05) is 12.5 Å². The van der Waals surface area contributed by atoms with E-state index in [1.807, 2.05) is 0 Å². The van der Waals surface area contributed by atoms with Gasteiger partial charge in [0.2, 0.25) is 0 Å². The Kier molecular flexibility index (Phi) is 2.31. The number of hydrogen-bond acceptors (Lipinski definition) is 3. The van der Waals surface area contributed by atoms with E-state index in [1.54, 1.807) is 7.11 Å². The van der Waals surface area contributed by atoms with Gasteiger partial charge < -0.3 is 15.0 Å². The first-order valence-corrected chi connectivity index (χ1v) is 7.07. The van der Waals surface area contributed by atoms with Crippen molar-refractivity contribution in [3.63, 3.8) is 0 Å². The van der Waals surface area contributed by atoms with Gasteiger partial charge in [0, 0.05) is 42.8 Å². The number of anilines is 1. The van der Waals surface area contributed by atoms with Gasteiger partial charge in [0.15, 0.2) is 0 Å². The summed E-state index contributed by atoms with van der Waals surface area (Å²) >= 11 is 0. The molecular weight excluding hydrogens is 224 g/mol. The molecule has 96 valence electrons. The third-order valence-corrected chi connectivity index (χ3v) is 4.86. The minimum atomic E-state index is 0.716. The molecule has 3 aliphatic rings. The van der Waals surface area contributed by atoms with Crippen molar-refractivity contribution < 1.29 is 4.74 Å². The number of benzene rings is 1. The lowest BCUT2D eigenvalue weighted by atomic mass is 9.95. The minimum Gasteiger partial charge on any atom is -0.496 e. The maximum absolute atomic E-state index is 5.63. The predicted molar refractivity (Wildman–Crippen MR) is 72.4 cm³/mol. The largest absolute Gasteiger partial charge is 0.496 e. The lowest BCUT2D eigenvalue weighted by Gasteiger charge is -2.26. The first-order chi connectivity index (χ1) is 8.90. The Morgan fingerprint density at radius 1 is 1.33 bits per heavy atom. The molecule has 0 amide bonds. The first kappa shape index (κ1) is 10.7. The zero-order valence-corrected chi connectivity index (χ0v) is 10.9. The quantitative estimate of drug-likeness (QED) is 0.820. The summed E-state index contributed by atoms with van der Waals surface area (Å²) in [6.07, 6.45) is 4.05. The maximum Gasteiger partial charge on any atom is 0.124 e. The molecule has 0 saturated heterocycles. The molecule has 2 atom stereocenters. The lowest BCUT2D eigenvalue weighted by Crippen LogP contribution is -2.35. The topological polar surface area (TPSA) is 24.5 Å². The fraction of sp³-hybridized carbons (Fsp3) is 0.600. The molecule has 0 aromatic heterocycles. The average Bonchev–Trinajstić information content (AvgIpc) is 2.90. The van der Waals surface area contributed by atoms with Crippen molar-refractivity contribution in [1.29, 1.82) is 0 Å². The van der Waals surface area contributed by atoms with Crippen LogP contribution in [0.5, 0.6) is 5.75 Å².